The maximum absolute atomic E-state index is 12.9. The summed E-state index contributed by atoms with van der Waals surface area (Å²) in [7, 11) is 3.23. The van der Waals surface area contributed by atoms with Crippen LogP contribution in [0.25, 0.3) is 0 Å². The van der Waals surface area contributed by atoms with Gasteiger partial charge in [-0.05, 0) is 67.6 Å². The molecule has 0 amide bonds. The first-order valence-corrected chi connectivity index (χ1v) is 11.0. The standard InChI is InChI=1S/C26H31NO5/c1-4-16-31-21-9-7-8-20(18-21)23(32-26(28)22-10-5-6-15-27-22)13-11-19-12-14-24(29-2)25(17-19)30-3/h1,7-9,12,14,17-18,22-23,27H,5-6,10-11,13,15-16H2,2-3H3/t22-,23?/m1/s1. The zero-order valence-corrected chi connectivity index (χ0v) is 18.8. The van der Waals surface area contributed by atoms with E-state index in [0.717, 1.165) is 36.9 Å². The minimum Gasteiger partial charge on any atom is -0.493 e. The Morgan fingerprint density at radius 1 is 1.16 bits per heavy atom. The van der Waals surface area contributed by atoms with E-state index in [4.69, 9.17) is 25.4 Å². The summed E-state index contributed by atoms with van der Waals surface area (Å²) in [5, 5.41) is 3.26. The molecule has 1 unspecified atom stereocenters. The molecular weight excluding hydrogens is 406 g/mol. The van der Waals surface area contributed by atoms with Gasteiger partial charge in [-0.15, -0.1) is 6.42 Å². The zero-order chi connectivity index (χ0) is 22.8. The fourth-order valence-corrected chi connectivity index (χ4v) is 3.83. The van der Waals surface area contributed by atoms with Gasteiger partial charge in [0, 0.05) is 0 Å². The van der Waals surface area contributed by atoms with Crippen molar-refractivity contribution in [3.8, 4) is 29.6 Å². The highest BCUT2D eigenvalue weighted by atomic mass is 16.5. The Kier molecular flexibility index (Phi) is 8.82. The molecule has 170 valence electrons. The second-order valence-corrected chi connectivity index (χ2v) is 7.72. The van der Waals surface area contributed by atoms with Gasteiger partial charge < -0.3 is 24.3 Å². The highest BCUT2D eigenvalue weighted by molar-refractivity contribution is 5.76. The highest BCUT2D eigenvalue weighted by Gasteiger charge is 2.26. The molecule has 1 saturated heterocycles. The second kappa shape index (κ2) is 12.0. The second-order valence-electron chi connectivity index (χ2n) is 7.72. The number of piperidine rings is 1. The van der Waals surface area contributed by atoms with Gasteiger partial charge in [0.2, 0.25) is 0 Å². The van der Waals surface area contributed by atoms with Crippen LogP contribution in [0.3, 0.4) is 0 Å². The van der Waals surface area contributed by atoms with E-state index in [0.29, 0.717) is 30.1 Å². The fourth-order valence-electron chi connectivity index (χ4n) is 3.83. The number of terminal acetylenes is 1. The molecular formula is C26H31NO5. The number of rotatable bonds is 10. The Balaban J connectivity index is 1.77. The summed E-state index contributed by atoms with van der Waals surface area (Å²) < 4.78 is 22.3. The van der Waals surface area contributed by atoms with Gasteiger partial charge >= 0.3 is 5.97 Å². The van der Waals surface area contributed by atoms with E-state index in [9.17, 15) is 4.79 Å². The minimum absolute atomic E-state index is 0.186. The van der Waals surface area contributed by atoms with Gasteiger partial charge in [0.1, 0.15) is 24.5 Å². The lowest BCUT2D eigenvalue weighted by Crippen LogP contribution is -2.41. The molecule has 0 bridgehead atoms. The van der Waals surface area contributed by atoms with Crippen LogP contribution in [0.2, 0.25) is 0 Å². The Morgan fingerprint density at radius 2 is 2.00 bits per heavy atom. The van der Waals surface area contributed by atoms with E-state index in [1.807, 2.05) is 42.5 Å². The Hall–Kier alpha value is -3.17. The number of ether oxygens (including phenoxy) is 4. The van der Waals surface area contributed by atoms with Crippen molar-refractivity contribution in [2.75, 3.05) is 27.4 Å². The first-order chi connectivity index (χ1) is 15.6. The molecule has 3 rings (SSSR count). The van der Waals surface area contributed by atoms with Crippen molar-refractivity contribution in [2.45, 2.75) is 44.2 Å². The van der Waals surface area contributed by atoms with Crippen molar-refractivity contribution in [3.63, 3.8) is 0 Å². The summed E-state index contributed by atoms with van der Waals surface area (Å²) >= 11 is 0. The van der Waals surface area contributed by atoms with Crippen LogP contribution in [0, 0.1) is 12.3 Å². The highest BCUT2D eigenvalue weighted by Crippen LogP contribution is 2.31. The smallest absolute Gasteiger partial charge is 0.323 e. The topological polar surface area (TPSA) is 66.0 Å². The summed E-state index contributed by atoms with van der Waals surface area (Å²) in [6.45, 7) is 1.02. The van der Waals surface area contributed by atoms with E-state index in [-0.39, 0.29) is 18.6 Å². The van der Waals surface area contributed by atoms with Crippen LogP contribution in [-0.2, 0) is 16.0 Å². The number of benzene rings is 2. The Morgan fingerprint density at radius 3 is 2.72 bits per heavy atom. The van der Waals surface area contributed by atoms with Crippen molar-refractivity contribution < 1.29 is 23.7 Å². The van der Waals surface area contributed by atoms with Gasteiger partial charge in [0.25, 0.3) is 0 Å². The lowest BCUT2D eigenvalue weighted by atomic mass is 10.00. The van der Waals surface area contributed by atoms with Crippen LogP contribution in [0.5, 0.6) is 17.2 Å². The molecule has 0 aromatic heterocycles. The maximum atomic E-state index is 12.9. The first kappa shape index (κ1) is 23.5. The number of carbonyl (C=O) groups excluding carboxylic acids is 1. The molecule has 0 spiro atoms. The van der Waals surface area contributed by atoms with Gasteiger partial charge in [0.15, 0.2) is 11.5 Å². The Bertz CT molecular complexity index is 930. The molecule has 2 aromatic rings. The molecule has 0 aliphatic carbocycles. The quantitative estimate of drug-likeness (QED) is 0.446. The predicted octanol–water partition coefficient (Wildman–Crippen LogP) is 4.08. The van der Waals surface area contributed by atoms with Crippen molar-refractivity contribution in [3.05, 3.63) is 53.6 Å². The van der Waals surface area contributed by atoms with Crippen molar-refractivity contribution in [1.82, 2.24) is 5.32 Å². The summed E-state index contributed by atoms with van der Waals surface area (Å²) in [4.78, 5) is 12.9. The van der Waals surface area contributed by atoms with E-state index < -0.39 is 6.10 Å². The molecule has 6 nitrogen and oxygen atoms in total. The summed E-state index contributed by atoms with van der Waals surface area (Å²) in [5.41, 5.74) is 1.95. The maximum Gasteiger partial charge on any atom is 0.323 e. The third-order valence-electron chi connectivity index (χ3n) is 5.55. The van der Waals surface area contributed by atoms with Crippen molar-refractivity contribution in [2.24, 2.45) is 0 Å². The van der Waals surface area contributed by atoms with Crippen LogP contribution in [-0.4, -0.2) is 39.4 Å². The van der Waals surface area contributed by atoms with Crippen LogP contribution in [0.4, 0.5) is 0 Å². The largest absolute Gasteiger partial charge is 0.493 e. The molecule has 0 radical (unpaired) electrons. The molecule has 1 N–H and O–H groups in total. The van der Waals surface area contributed by atoms with Gasteiger partial charge in [-0.3, -0.25) is 4.79 Å². The van der Waals surface area contributed by atoms with Gasteiger partial charge in [-0.25, -0.2) is 0 Å². The summed E-state index contributed by atoms with van der Waals surface area (Å²) in [6.07, 6.45) is 9.13. The normalized spacial score (nSPS) is 16.5. The number of nitrogens with one attached hydrogen (secondary N) is 1. The molecule has 2 aromatic carbocycles. The van der Waals surface area contributed by atoms with E-state index in [1.165, 1.54) is 0 Å². The van der Waals surface area contributed by atoms with Crippen LogP contribution < -0.4 is 19.5 Å². The zero-order valence-electron chi connectivity index (χ0n) is 18.8. The van der Waals surface area contributed by atoms with Crippen molar-refractivity contribution in [1.29, 1.82) is 0 Å². The molecule has 1 aliphatic heterocycles. The van der Waals surface area contributed by atoms with Crippen molar-refractivity contribution >= 4 is 5.97 Å². The fraction of sp³-hybridized carbons (Fsp3) is 0.423. The predicted molar refractivity (Wildman–Crippen MR) is 123 cm³/mol. The van der Waals surface area contributed by atoms with Crippen LogP contribution in [0.15, 0.2) is 42.5 Å². The summed E-state index contributed by atoms with van der Waals surface area (Å²) in [5.74, 6) is 4.27. The average Bonchev–Trinajstić information content (AvgIpc) is 2.85. The third kappa shape index (κ3) is 6.41. The number of esters is 1. The number of hydrogen-bond donors (Lipinski definition) is 1. The minimum atomic E-state index is -0.409. The monoisotopic (exact) mass is 437 g/mol. The average molecular weight is 438 g/mol. The Labute approximate surface area is 190 Å². The van der Waals surface area contributed by atoms with E-state index in [2.05, 4.69) is 11.2 Å². The van der Waals surface area contributed by atoms with Crippen LogP contribution in [0.1, 0.15) is 42.9 Å². The summed E-state index contributed by atoms with van der Waals surface area (Å²) in [6, 6.07) is 13.1. The first-order valence-electron chi connectivity index (χ1n) is 11.0. The number of hydrogen-bond acceptors (Lipinski definition) is 6. The van der Waals surface area contributed by atoms with Gasteiger partial charge in [0.05, 0.1) is 14.2 Å². The third-order valence-corrected chi connectivity index (χ3v) is 5.55. The number of methoxy groups -OCH3 is 2. The SMILES string of the molecule is C#CCOc1cccc(C(CCc2ccc(OC)c(OC)c2)OC(=O)[C@H]2CCCCN2)c1. The van der Waals surface area contributed by atoms with Gasteiger partial charge in [-0.2, -0.15) is 0 Å². The number of aryl methyl sites for hydroxylation is 1. The number of carbonyl (C=O) groups is 1. The molecule has 32 heavy (non-hydrogen) atoms. The molecule has 2 atom stereocenters. The molecule has 6 heteroatoms. The van der Waals surface area contributed by atoms with Gasteiger partial charge in [-0.1, -0.05) is 30.5 Å². The molecule has 1 aliphatic rings. The van der Waals surface area contributed by atoms with Crippen LogP contribution >= 0.6 is 0 Å². The van der Waals surface area contributed by atoms with E-state index in [1.54, 1.807) is 14.2 Å². The van der Waals surface area contributed by atoms with E-state index >= 15 is 0 Å². The molecule has 0 saturated carbocycles. The lowest BCUT2D eigenvalue weighted by molar-refractivity contribution is -0.153. The molecule has 1 heterocycles. The lowest BCUT2D eigenvalue weighted by Gasteiger charge is -2.25. The molecule has 1 fully saturated rings.